The summed E-state index contributed by atoms with van der Waals surface area (Å²) in [6.07, 6.45) is 1.45. The number of rotatable bonds is 4. The third-order valence-electron chi connectivity index (χ3n) is 5.12. The van der Waals surface area contributed by atoms with Crippen LogP contribution < -0.4 is 0 Å². The Kier molecular flexibility index (Phi) is 5.00. The molecule has 0 radical (unpaired) electrons. The lowest BCUT2D eigenvalue weighted by molar-refractivity contribution is -0.143. The molecule has 24 heavy (non-hydrogen) atoms. The van der Waals surface area contributed by atoms with Crippen molar-refractivity contribution >= 4 is 5.97 Å². The number of aliphatic carboxylic acids is 1. The summed E-state index contributed by atoms with van der Waals surface area (Å²) < 4.78 is 0. The van der Waals surface area contributed by atoms with Crippen LogP contribution in [0.4, 0.5) is 0 Å². The topological polar surface area (TPSA) is 40.5 Å². The molecule has 1 aliphatic heterocycles. The number of hydrogen-bond donors (Lipinski definition) is 1. The SMILES string of the molecule is Cc1ccc(C(c2ccccc2C)N2CCC(C(=O)O)CC2)cc1. The molecular formula is C21H25NO2. The van der Waals surface area contributed by atoms with Crippen LogP contribution in [0.15, 0.2) is 48.5 Å². The van der Waals surface area contributed by atoms with Gasteiger partial charge in [0.1, 0.15) is 0 Å². The van der Waals surface area contributed by atoms with Gasteiger partial charge in [0.05, 0.1) is 12.0 Å². The van der Waals surface area contributed by atoms with E-state index in [1.165, 1.54) is 22.3 Å². The first-order valence-electron chi connectivity index (χ1n) is 8.65. The van der Waals surface area contributed by atoms with E-state index >= 15 is 0 Å². The monoisotopic (exact) mass is 323 g/mol. The van der Waals surface area contributed by atoms with Crippen LogP contribution in [-0.2, 0) is 4.79 Å². The average Bonchev–Trinajstić information content (AvgIpc) is 2.59. The molecule has 0 bridgehead atoms. The normalized spacial score (nSPS) is 17.6. The second-order valence-electron chi connectivity index (χ2n) is 6.82. The standard InChI is InChI=1S/C21H25NO2/c1-15-7-9-17(10-8-15)20(19-6-4-3-5-16(19)2)22-13-11-18(12-14-22)21(23)24/h3-10,18,20H,11-14H2,1-2H3,(H,23,24). The summed E-state index contributed by atoms with van der Waals surface area (Å²) in [4.78, 5) is 13.7. The maximum absolute atomic E-state index is 11.2. The predicted molar refractivity (Wildman–Crippen MR) is 96.1 cm³/mol. The fourth-order valence-corrected chi connectivity index (χ4v) is 3.63. The van der Waals surface area contributed by atoms with E-state index in [2.05, 4.69) is 67.3 Å². The minimum atomic E-state index is -0.655. The number of hydrogen-bond acceptors (Lipinski definition) is 2. The molecule has 0 saturated carbocycles. The number of aryl methyl sites for hydroxylation is 2. The van der Waals surface area contributed by atoms with Crippen molar-refractivity contribution in [3.63, 3.8) is 0 Å². The summed E-state index contributed by atoms with van der Waals surface area (Å²) in [5, 5.41) is 9.25. The fraction of sp³-hybridized carbons (Fsp3) is 0.381. The van der Waals surface area contributed by atoms with Gasteiger partial charge in [-0.15, -0.1) is 0 Å². The minimum Gasteiger partial charge on any atom is -0.481 e. The molecule has 0 aromatic heterocycles. The molecular weight excluding hydrogens is 298 g/mol. The molecule has 126 valence electrons. The third-order valence-corrected chi connectivity index (χ3v) is 5.12. The van der Waals surface area contributed by atoms with Crippen molar-refractivity contribution in [2.45, 2.75) is 32.7 Å². The summed E-state index contributed by atoms with van der Waals surface area (Å²) in [7, 11) is 0. The first-order chi connectivity index (χ1) is 11.6. The number of piperidine rings is 1. The van der Waals surface area contributed by atoms with Gasteiger partial charge in [-0.2, -0.15) is 0 Å². The van der Waals surface area contributed by atoms with Gasteiger partial charge in [-0.3, -0.25) is 9.69 Å². The van der Waals surface area contributed by atoms with E-state index < -0.39 is 5.97 Å². The molecule has 1 unspecified atom stereocenters. The van der Waals surface area contributed by atoms with Crippen LogP contribution in [0.5, 0.6) is 0 Å². The average molecular weight is 323 g/mol. The smallest absolute Gasteiger partial charge is 0.306 e. The van der Waals surface area contributed by atoms with E-state index in [1.54, 1.807) is 0 Å². The summed E-state index contributed by atoms with van der Waals surface area (Å²) >= 11 is 0. The first-order valence-corrected chi connectivity index (χ1v) is 8.65. The van der Waals surface area contributed by atoms with Crippen LogP contribution in [-0.4, -0.2) is 29.1 Å². The molecule has 1 aliphatic rings. The molecule has 0 aliphatic carbocycles. The molecule has 0 amide bonds. The number of carboxylic acid groups (broad SMARTS) is 1. The molecule has 3 rings (SSSR count). The van der Waals surface area contributed by atoms with E-state index in [0.717, 1.165) is 25.9 Å². The van der Waals surface area contributed by atoms with Gasteiger partial charge >= 0.3 is 5.97 Å². The van der Waals surface area contributed by atoms with Gasteiger partial charge in [0, 0.05) is 0 Å². The number of benzene rings is 2. The zero-order valence-corrected chi connectivity index (χ0v) is 14.4. The molecule has 1 N–H and O–H groups in total. The van der Waals surface area contributed by atoms with Crippen LogP contribution >= 0.6 is 0 Å². The second kappa shape index (κ2) is 7.18. The van der Waals surface area contributed by atoms with E-state index in [9.17, 15) is 9.90 Å². The van der Waals surface area contributed by atoms with Crippen molar-refractivity contribution < 1.29 is 9.90 Å². The highest BCUT2D eigenvalue weighted by molar-refractivity contribution is 5.70. The Morgan fingerprint density at radius 3 is 2.25 bits per heavy atom. The quantitative estimate of drug-likeness (QED) is 0.917. The van der Waals surface area contributed by atoms with E-state index in [0.29, 0.717) is 0 Å². The molecule has 0 spiro atoms. The van der Waals surface area contributed by atoms with Crippen LogP contribution in [0.2, 0.25) is 0 Å². The molecule has 1 heterocycles. The maximum atomic E-state index is 11.2. The van der Waals surface area contributed by atoms with Gasteiger partial charge in [0.25, 0.3) is 0 Å². The highest BCUT2D eigenvalue weighted by Gasteiger charge is 2.30. The summed E-state index contributed by atoms with van der Waals surface area (Å²) in [5.74, 6) is -0.853. The highest BCUT2D eigenvalue weighted by atomic mass is 16.4. The molecule has 3 nitrogen and oxygen atoms in total. The number of carbonyl (C=O) groups is 1. The van der Waals surface area contributed by atoms with Crippen molar-refractivity contribution in [1.82, 2.24) is 4.90 Å². The summed E-state index contributed by atoms with van der Waals surface area (Å²) in [6, 6.07) is 17.4. The van der Waals surface area contributed by atoms with Gasteiger partial charge < -0.3 is 5.11 Å². The van der Waals surface area contributed by atoms with Crippen molar-refractivity contribution in [2.75, 3.05) is 13.1 Å². The number of carboxylic acids is 1. The van der Waals surface area contributed by atoms with Crippen molar-refractivity contribution in [3.8, 4) is 0 Å². The van der Waals surface area contributed by atoms with Crippen LogP contribution in [0.3, 0.4) is 0 Å². The summed E-state index contributed by atoms with van der Waals surface area (Å²) in [6.45, 7) is 5.90. The first kappa shape index (κ1) is 16.7. The van der Waals surface area contributed by atoms with Gasteiger partial charge in [-0.05, 0) is 56.5 Å². The predicted octanol–water partition coefficient (Wildman–Crippen LogP) is 4.19. The Hall–Kier alpha value is -2.13. The largest absolute Gasteiger partial charge is 0.481 e. The highest BCUT2D eigenvalue weighted by Crippen LogP contribution is 2.34. The number of nitrogens with zero attached hydrogens (tertiary/aromatic N) is 1. The molecule has 1 fully saturated rings. The molecule has 2 aromatic rings. The molecule has 1 atom stereocenters. The molecule has 3 heteroatoms. The minimum absolute atomic E-state index is 0.196. The van der Waals surface area contributed by atoms with E-state index in [1.807, 2.05) is 0 Å². The third kappa shape index (κ3) is 3.51. The van der Waals surface area contributed by atoms with Gasteiger partial charge in [-0.25, -0.2) is 0 Å². The second-order valence-corrected chi connectivity index (χ2v) is 6.82. The van der Waals surface area contributed by atoms with Gasteiger partial charge in [-0.1, -0.05) is 54.1 Å². The van der Waals surface area contributed by atoms with Crippen molar-refractivity contribution in [3.05, 3.63) is 70.8 Å². The fourth-order valence-electron chi connectivity index (χ4n) is 3.63. The van der Waals surface area contributed by atoms with Crippen LogP contribution in [0.25, 0.3) is 0 Å². The van der Waals surface area contributed by atoms with Gasteiger partial charge in [0.15, 0.2) is 0 Å². The van der Waals surface area contributed by atoms with Crippen molar-refractivity contribution in [1.29, 1.82) is 0 Å². The Morgan fingerprint density at radius 1 is 1.04 bits per heavy atom. The molecule has 2 aromatic carbocycles. The van der Waals surface area contributed by atoms with Gasteiger partial charge in [0.2, 0.25) is 0 Å². The Labute approximate surface area is 143 Å². The lowest BCUT2D eigenvalue weighted by Gasteiger charge is -2.37. The Bertz CT molecular complexity index is 700. The number of likely N-dealkylation sites (tertiary alicyclic amines) is 1. The van der Waals surface area contributed by atoms with E-state index in [4.69, 9.17) is 0 Å². The summed E-state index contributed by atoms with van der Waals surface area (Å²) in [5.41, 5.74) is 5.13. The Morgan fingerprint density at radius 2 is 1.67 bits per heavy atom. The van der Waals surface area contributed by atoms with E-state index in [-0.39, 0.29) is 12.0 Å². The zero-order valence-electron chi connectivity index (χ0n) is 14.4. The van der Waals surface area contributed by atoms with Crippen LogP contribution in [0.1, 0.15) is 41.1 Å². The lowest BCUT2D eigenvalue weighted by atomic mass is 9.89. The lowest BCUT2D eigenvalue weighted by Crippen LogP contribution is -2.39. The Balaban J connectivity index is 1.93. The zero-order chi connectivity index (χ0) is 17.1. The van der Waals surface area contributed by atoms with Crippen LogP contribution in [0, 0.1) is 19.8 Å². The molecule has 1 saturated heterocycles. The maximum Gasteiger partial charge on any atom is 0.306 e. The van der Waals surface area contributed by atoms with Crippen molar-refractivity contribution in [2.24, 2.45) is 5.92 Å².